The van der Waals surface area contributed by atoms with Crippen molar-refractivity contribution in [2.45, 2.75) is 46.2 Å². The predicted octanol–water partition coefficient (Wildman–Crippen LogP) is 3.52. The SMILES string of the molecule is CCOCCCOc1ccc(CNC(C)(C)C)cc1F. The minimum atomic E-state index is -0.311. The summed E-state index contributed by atoms with van der Waals surface area (Å²) in [5.41, 5.74) is 0.935. The van der Waals surface area contributed by atoms with Gasteiger partial charge in [-0.15, -0.1) is 0 Å². The van der Waals surface area contributed by atoms with Crippen LogP contribution >= 0.6 is 0 Å². The summed E-state index contributed by atoms with van der Waals surface area (Å²) in [4.78, 5) is 0. The van der Waals surface area contributed by atoms with E-state index in [1.54, 1.807) is 6.07 Å². The molecule has 0 fully saturated rings. The van der Waals surface area contributed by atoms with Crippen LogP contribution in [-0.2, 0) is 11.3 Å². The average Bonchev–Trinajstić information content (AvgIpc) is 2.37. The van der Waals surface area contributed by atoms with Crippen molar-refractivity contribution in [3.8, 4) is 5.75 Å². The zero-order valence-corrected chi connectivity index (χ0v) is 13.0. The van der Waals surface area contributed by atoms with Crippen LogP contribution in [-0.4, -0.2) is 25.4 Å². The summed E-state index contributed by atoms with van der Waals surface area (Å²) < 4.78 is 24.5. The first-order chi connectivity index (χ1) is 9.42. The molecular weight excluding hydrogens is 257 g/mol. The molecule has 1 N–H and O–H groups in total. The topological polar surface area (TPSA) is 30.5 Å². The van der Waals surface area contributed by atoms with Gasteiger partial charge in [0.1, 0.15) is 0 Å². The van der Waals surface area contributed by atoms with Crippen LogP contribution in [0.1, 0.15) is 39.7 Å². The number of rotatable bonds is 8. The summed E-state index contributed by atoms with van der Waals surface area (Å²) >= 11 is 0. The zero-order chi connectivity index (χ0) is 15.0. The van der Waals surface area contributed by atoms with Gasteiger partial charge in [0.15, 0.2) is 11.6 Å². The van der Waals surface area contributed by atoms with Gasteiger partial charge < -0.3 is 14.8 Å². The third-order valence-electron chi connectivity index (χ3n) is 2.71. The molecule has 114 valence electrons. The number of hydrogen-bond acceptors (Lipinski definition) is 3. The highest BCUT2D eigenvalue weighted by Gasteiger charge is 2.10. The summed E-state index contributed by atoms with van der Waals surface area (Å²) in [6.45, 7) is 10.7. The Balaban J connectivity index is 2.43. The minimum Gasteiger partial charge on any atom is -0.490 e. The van der Waals surface area contributed by atoms with Gasteiger partial charge in [0.05, 0.1) is 6.61 Å². The van der Waals surface area contributed by atoms with E-state index in [2.05, 4.69) is 26.1 Å². The van der Waals surface area contributed by atoms with Crippen LogP contribution in [0.3, 0.4) is 0 Å². The third kappa shape index (κ3) is 6.87. The largest absolute Gasteiger partial charge is 0.490 e. The molecule has 0 spiro atoms. The average molecular weight is 283 g/mol. The van der Waals surface area contributed by atoms with Crippen molar-refractivity contribution in [2.75, 3.05) is 19.8 Å². The highest BCUT2D eigenvalue weighted by atomic mass is 19.1. The molecule has 0 atom stereocenters. The van der Waals surface area contributed by atoms with Crippen molar-refractivity contribution in [1.29, 1.82) is 0 Å². The molecular formula is C16H26FNO2. The molecule has 0 aliphatic carbocycles. The number of halogens is 1. The molecule has 0 aliphatic rings. The molecule has 0 heterocycles. The summed E-state index contributed by atoms with van der Waals surface area (Å²) in [6, 6.07) is 5.10. The van der Waals surface area contributed by atoms with E-state index in [4.69, 9.17) is 9.47 Å². The van der Waals surface area contributed by atoms with Gasteiger partial charge in [-0.2, -0.15) is 0 Å². The third-order valence-corrected chi connectivity index (χ3v) is 2.71. The molecule has 1 rings (SSSR count). The Hall–Kier alpha value is -1.13. The summed E-state index contributed by atoms with van der Waals surface area (Å²) in [6.07, 6.45) is 0.764. The quantitative estimate of drug-likeness (QED) is 0.740. The van der Waals surface area contributed by atoms with E-state index in [0.29, 0.717) is 32.1 Å². The molecule has 1 aromatic rings. The van der Waals surface area contributed by atoms with E-state index in [9.17, 15) is 4.39 Å². The molecule has 4 heteroatoms. The van der Waals surface area contributed by atoms with Gasteiger partial charge in [-0.25, -0.2) is 4.39 Å². The van der Waals surface area contributed by atoms with Crippen LogP contribution in [0, 0.1) is 5.82 Å². The van der Waals surface area contributed by atoms with E-state index in [0.717, 1.165) is 12.0 Å². The molecule has 1 aromatic carbocycles. The molecule has 20 heavy (non-hydrogen) atoms. The summed E-state index contributed by atoms with van der Waals surface area (Å²) in [7, 11) is 0. The van der Waals surface area contributed by atoms with Crippen LogP contribution in [0.25, 0.3) is 0 Å². The molecule has 0 aromatic heterocycles. The van der Waals surface area contributed by atoms with Crippen molar-refractivity contribution >= 4 is 0 Å². The number of nitrogens with one attached hydrogen (secondary N) is 1. The van der Waals surface area contributed by atoms with Gasteiger partial charge >= 0.3 is 0 Å². The van der Waals surface area contributed by atoms with E-state index in [1.807, 2.05) is 13.0 Å². The molecule has 0 bridgehead atoms. The van der Waals surface area contributed by atoms with E-state index < -0.39 is 0 Å². The molecule has 3 nitrogen and oxygen atoms in total. The number of ether oxygens (including phenoxy) is 2. The van der Waals surface area contributed by atoms with Crippen LogP contribution in [0.4, 0.5) is 4.39 Å². The minimum absolute atomic E-state index is 0.0188. The standard InChI is InChI=1S/C16H26FNO2/c1-5-19-9-6-10-20-15-8-7-13(11-14(15)17)12-18-16(2,3)4/h7-8,11,18H,5-6,9-10,12H2,1-4H3. The summed E-state index contributed by atoms with van der Waals surface area (Å²) in [5, 5.41) is 3.33. The van der Waals surface area contributed by atoms with Gasteiger partial charge in [-0.05, 0) is 45.4 Å². The first-order valence-corrected chi connectivity index (χ1v) is 7.16. The first kappa shape index (κ1) is 16.9. The lowest BCUT2D eigenvalue weighted by atomic mass is 10.1. The van der Waals surface area contributed by atoms with E-state index in [-0.39, 0.29) is 11.4 Å². The van der Waals surface area contributed by atoms with Crippen LogP contribution in [0.15, 0.2) is 18.2 Å². The van der Waals surface area contributed by atoms with Crippen molar-refractivity contribution in [1.82, 2.24) is 5.32 Å². The Morgan fingerprint density at radius 3 is 2.55 bits per heavy atom. The van der Waals surface area contributed by atoms with Crippen molar-refractivity contribution in [2.24, 2.45) is 0 Å². The fourth-order valence-corrected chi connectivity index (χ4v) is 1.63. The monoisotopic (exact) mass is 283 g/mol. The Morgan fingerprint density at radius 1 is 1.20 bits per heavy atom. The van der Waals surface area contributed by atoms with Crippen LogP contribution in [0.5, 0.6) is 5.75 Å². The van der Waals surface area contributed by atoms with Crippen molar-refractivity contribution < 1.29 is 13.9 Å². The van der Waals surface area contributed by atoms with Gasteiger partial charge in [0, 0.05) is 31.7 Å². The Morgan fingerprint density at radius 2 is 1.95 bits per heavy atom. The number of benzene rings is 1. The smallest absolute Gasteiger partial charge is 0.165 e. The second-order valence-electron chi connectivity index (χ2n) is 5.77. The van der Waals surface area contributed by atoms with Crippen molar-refractivity contribution in [3.63, 3.8) is 0 Å². The Bertz CT molecular complexity index is 402. The van der Waals surface area contributed by atoms with Crippen LogP contribution in [0.2, 0.25) is 0 Å². The lowest BCUT2D eigenvalue weighted by Gasteiger charge is -2.20. The number of hydrogen-bond donors (Lipinski definition) is 1. The van der Waals surface area contributed by atoms with E-state index >= 15 is 0 Å². The van der Waals surface area contributed by atoms with Gasteiger partial charge in [-0.1, -0.05) is 6.07 Å². The molecule has 0 radical (unpaired) electrons. The van der Waals surface area contributed by atoms with E-state index in [1.165, 1.54) is 6.07 Å². The predicted molar refractivity (Wildman–Crippen MR) is 79.6 cm³/mol. The highest BCUT2D eigenvalue weighted by molar-refractivity contribution is 5.29. The fraction of sp³-hybridized carbons (Fsp3) is 0.625. The van der Waals surface area contributed by atoms with Gasteiger partial charge in [0.2, 0.25) is 0 Å². The molecule has 0 saturated carbocycles. The molecule has 0 aliphatic heterocycles. The van der Waals surface area contributed by atoms with Crippen LogP contribution < -0.4 is 10.1 Å². The maximum atomic E-state index is 13.9. The molecule has 0 unspecified atom stereocenters. The van der Waals surface area contributed by atoms with Gasteiger partial charge in [0.25, 0.3) is 0 Å². The first-order valence-electron chi connectivity index (χ1n) is 7.16. The molecule has 0 saturated heterocycles. The van der Waals surface area contributed by atoms with Crippen molar-refractivity contribution in [3.05, 3.63) is 29.6 Å². The highest BCUT2D eigenvalue weighted by Crippen LogP contribution is 2.19. The maximum Gasteiger partial charge on any atom is 0.165 e. The zero-order valence-electron chi connectivity index (χ0n) is 13.0. The second-order valence-corrected chi connectivity index (χ2v) is 5.77. The maximum absolute atomic E-state index is 13.9. The molecule has 0 amide bonds. The summed E-state index contributed by atoms with van der Waals surface area (Å²) in [5.74, 6) is -0.00405. The lowest BCUT2D eigenvalue weighted by molar-refractivity contribution is 0.130. The Kier molecular flexibility index (Phi) is 6.96. The second kappa shape index (κ2) is 8.22. The lowest BCUT2D eigenvalue weighted by Crippen LogP contribution is -2.35. The Labute approximate surface area is 121 Å². The normalized spacial score (nSPS) is 11.7. The fourth-order valence-electron chi connectivity index (χ4n) is 1.63. The van der Waals surface area contributed by atoms with Gasteiger partial charge in [-0.3, -0.25) is 0 Å².